The topological polar surface area (TPSA) is 146 Å². The van der Waals surface area contributed by atoms with Crippen molar-refractivity contribution in [2.24, 2.45) is 0 Å². The monoisotopic (exact) mass is 317 g/mol. The Kier molecular flexibility index (Phi) is 6.48. The summed E-state index contributed by atoms with van der Waals surface area (Å²) in [7, 11) is -3.64. The second-order valence-electron chi connectivity index (χ2n) is 3.50. The van der Waals surface area contributed by atoms with Gasteiger partial charge in [-0.05, 0) is 31.2 Å². The van der Waals surface area contributed by atoms with Crippen LogP contribution in [-0.2, 0) is 10.0 Å². The van der Waals surface area contributed by atoms with Gasteiger partial charge >= 0.3 is 0 Å². The Morgan fingerprint density at radius 3 is 2.25 bits per heavy atom. The Labute approximate surface area is 121 Å². The van der Waals surface area contributed by atoms with Crippen LogP contribution in [-0.4, -0.2) is 13.6 Å². The van der Waals surface area contributed by atoms with Crippen LogP contribution >= 0.6 is 12.4 Å². The zero-order valence-electron chi connectivity index (χ0n) is 10.3. The molecule has 20 heavy (non-hydrogen) atoms. The van der Waals surface area contributed by atoms with E-state index < -0.39 is 10.0 Å². The Hall–Kier alpha value is -2.31. The number of nitrogen functional groups attached to an aromatic ring is 1. The molecule has 0 saturated heterocycles. The Bertz CT molecular complexity index is 666. The van der Waals surface area contributed by atoms with Crippen molar-refractivity contribution in [1.29, 1.82) is 10.8 Å². The van der Waals surface area contributed by atoms with Gasteiger partial charge in [-0.3, -0.25) is 4.72 Å². The summed E-state index contributed by atoms with van der Waals surface area (Å²) >= 11 is 0. The first-order valence-electron chi connectivity index (χ1n) is 4.99. The van der Waals surface area contributed by atoms with Crippen LogP contribution in [0.5, 0.6) is 0 Å². The fourth-order valence-electron chi connectivity index (χ4n) is 1.26. The molecular weight excluding hydrogens is 306 g/mol. The number of halogens is 1. The first-order chi connectivity index (χ1) is 8.97. The van der Waals surface area contributed by atoms with Gasteiger partial charge in [-0.2, -0.15) is 0 Å². The number of rotatable bonds is 3. The number of hydrogen-bond donors (Lipinski definition) is 2. The van der Waals surface area contributed by atoms with Gasteiger partial charge in [0.1, 0.15) is 5.76 Å². The second kappa shape index (κ2) is 7.32. The first kappa shape index (κ1) is 17.7. The molecule has 8 nitrogen and oxygen atoms in total. The predicted molar refractivity (Wildman–Crippen MR) is 73.6 cm³/mol. The van der Waals surface area contributed by atoms with Crippen molar-refractivity contribution < 1.29 is 12.9 Å². The summed E-state index contributed by atoms with van der Waals surface area (Å²) in [6, 6.07) is 7.37. The van der Waals surface area contributed by atoms with Gasteiger partial charge < -0.3 is 10.3 Å². The van der Waals surface area contributed by atoms with Gasteiger partial charge in [0.2, 0.25) is 0 Å². The molecule has 0 radical (unpaired) electrons. The van der Waals surface area contributed by atoms with Crippen molar-refractivity contribution in [3.63, 3.8) is 0 Å². The van der Waals surface area contributed by atoms with Gasteiger partial charge in [0.25, 0.3) is 10.0 Å². The highest BCUT2D eigenvalue weighted by Gasteiger charge is 2.15. The maximum atomic E-state index is 11.9. The molecule has 0 aliphatic rings. The summed E-state index contributed by atoms with van der Waals surface area (Å²) in [4.78, 5) is 0.118. The zero-order chi connectivity index (χ0) is 14.5. The molecule has 0 atom stereocenters. The average Bonchev–Trinajstić information content (AvgIpc) is 2.77. The molecule has 108 valence electrons. The second-order valence-corrected chi connectivity index (χ2v) is 5.18. The Morgan fingerprint density at radius 1 is 1.25 bits per heavy atom. The maximum Gasteiger partial charge on any atom is 0.263 e. The van der Waals surface area contributed by atoms with Crippen LogP contribution in [0.4, 0.5) is 11.5 Å². The van der Waals surface area contributed by atoms with E-state index >= 15 is 0 Å². The smallest absolute Gasteiger partial charge is 0.263 e. The van der Waals surface area contributed by atoms with Crippen molar-refractivity contribution in [2.45, 2.75) is 11.8 Å². The van der Waals surface area contributed by atoms with Crippen molar-refractivity contribution in [3.8, 4) is 0 Å². The summed E-state index contributed by atoms with van der Waals surface area (Å²) in [6.45, 7) is 1.67. The van der Waals surface area contributed by atoms with Crippen LogP contribution in [0.2, 0.25) is 0 Å². The number of hydrogen-bond acceptors (Lipinski definition) is 7. The highest BCUT2D eigenvalue weighted by molar-refractivity contribution is 7.92. The normalized spacial score (nSPS) is 9.75. The van der Waals surface area contributed by atoms with Crippen LogP contribution in [0.1, 0.15) is 5.76 Å². The lowest BCUT2D eigenvalue weighted by atomic mass is 10.3. The van der Waals surface area contributed by atoms with Crippen LogP contribution in [0.15, 0.2) is 39.8 Å². The summed E-state index contributed by atoms with van der Waals surface area (Å²) in [5.74, 6) is 0.680. The summed E-state index contributed by atoms with van der Waals surface area (Å²) in [6.07, 6.45) is 0. The van der Waals surface area contributed by atoms with Gasteiger partial charge in [-0.25, -0.2) is 8.42 Å². The molecule has 10 heteroatoms. The Balaban J connectivity index is 0.00000115. The third-order valence-corrected chi connectivity index (χ3v) is 3.43. The van der Waals surface area contributed by atoms with E-state index in [4.69, 9.17) is 21.0 Å². The number of aromatic nitrogens is 1. The standard InChI is InChI=1S/C10H11N3O3S.ClH.N2/c1-7-6-10(12-16-7)13-17(14,15)9-4-2-8(11)3-5-9;;1-2/h2-6H,11H2,1H3,(H,12,13);1H;. The van der Waals surface area contributed by atoms with Crippen molar-refractivity contribution in [1.82, 2.24) is 5.16 Å². The number of benzene rings is 1. The van der Waals surface area contributed by atoms with Crippen LogP contribution < -0.4 is 10.5 Å². The van der Waals surface area contributed by atoms with Gasteiger partial charge in [0.05, 0.1) is 4.90 Å². The van der Waals surface area contributed by atoms with Crippen molar-refractivity contribution >= 4 is 33.9 Å². The molecule has 2 aromatic rings. The highest BCUT2D eigenvalue weighted by Crippen LogP contribution is 2.16. The van der Waals surface area contributed by atoms with Crippen molar-refractivity contribution in [2.75, 3.05) is 10.5 Å². The quantitative estimate of drug-likeness (QED) is 0.648. The molecule has 0 bridgehead atoms. The molecule has 0 aliphatic carbocycles. The molecule has 1 heterocycles. The minimum absolute atomic E-state index is 0. The SMILES string of the molecule is Cc1cc(NS(=O)(=O)c2ccc(N)cc2)no1.Cl.N#N. The van der Waals surface area contributed by atoms with Crippen molar-refractivity contribution in [3.05, 3.63) is 36.1 Å². The molecule has 0 fully saturated rings. The molecule has 1 aromatic carbocycles. The number of nitrogens with one attached hydrogen (secondary N) is 1. The van der Waals surface area contributed by atoms with Gasteiger partial charge in [-0.15, -0.1) is 12.4 Å². The van der Waals surface area contributed by atoms with Crippen LogP contribution in [0, 0.1) is 17.7 Å². The summed E-state index contributed by atoms with van der Waals surface area (Å²) < 4.78 is 30.8. The van der Waals surface area contributed by atoms with E-state index in [1.165, 1.54) is 30.3 Å². The van der Waals surface area contributed by atoms with Gasteiger partial charge in [0.15, 0.2) is 5.82 Å². The number of nitrogens with zero attached hydrogens (tertiary/aromatic N) is 3. The molecular formula is C10H12ClN5O3S. The molecule has 0 spiro atoms. The van der Waals surface area contributed by atoms with E-state index in [9.17, 15) is 8.42 Å². The molecule has 1 aromatic heterocycles. The number of aryl methyl sites for hydroxylation is 1. The predicted octanol–water partition coefficient (Wildman–Crippen LogP) is 1.82. The maximum absolute atomic E-state index is 11.9. The van der Waals surface area contributed by atoms with Crippen LogP contribution in [0.3, 0.4) is 0 Å². The minimum atomic E-state index is -3.64. The van der Waals surface area contributed by atoms with Gasteiger partial charge in [-0.1, -0.05) is 5.16 Å². The molecule has 0 unspecified atom stereocenters. The fraction of sp³-hybridized carbons (Fsp3) is 0.100. The zero-order valence-corrected chi connectivity index (χ0v) is 12.0. The number of anilines is 2. The molecule has 2 rings (SSSR count). The fourth-order valence-corrected chi connectivity index (χ4v) is 2.24. The van der Waals surface area contributed by atoms with E-state index in [2.05, 4.69) is 9.88 Å². The third-order valence-electron chi connectivity index (χ3n) is 2.06. The van der Waals surface area contributed by atoms with E-state index in [0.29, 0.717) is 11.4 Å². The Morgan fingerprint density at radius 2 is 1.80 bits per heavy atom. The minimum Gasteiger partial charge on any atom is -0.399 e. The van der Waals surface area contributed by atoms with Crippen LogP contribution in [0.25, 0.3) is 0 Å². The largest absolute Gasteiger partial charge is 0.399 e. The van der Waals surface area contributed by atoms with E-state index in [1.807, 2.05) is 0 Å². The van der Waals surface area contributed by atoms with Gasteiger partial charge in [0, 0.05) is 22.5 Å². The number of nitrogens with two attached hydrogens (primary N) is 1. The summed E-state index contributed by atoms with van der Waals surface area (Å²) in [5, 5.41) is 15.6. The average molecular weight is 318 g/mol. The highest BCUT2D eigenvalue weighted by atomic mass is 35.5. The first-order valence-corrected chi connectivity index (χ1v) is 6.47. The molecule has 0 amide bonds. The lowest BCUT2D eigenvalue weighted by Gasteiger charge is -2.04. The van der Waals surface area contributed by atoms with E-state index in [1.54, 1.807) is 6.92 Å². The summed E-state index contributed by atoms with van der Waals surface area (Å²) in [5.41, 5.74) is 5.98. The molecule has 3 N–H and O–H groups in total. The van der Waals surface area contributed by atoms with E-state index in [0.717, 1.165) is 0 Å². The number of sulfonamides is 1. The molecule has 0 saturated carbocycles. The van der Waals surface area contributed by atoms with E-state index in [-0.39, 0.29) is 23.1 Å². The third kappa shape index (κ3) is 4.42. The molecule has 0 aliphatic heterocycles. The lowest BCUT2D eigenvalue weighted by Crippen LogP contribution is -2.13. The lowest BCUT2D eigenvalue weighted by molar-refractivity contribution is 0.400.